The van der Waals surface area contributed by atoms with E-state index in [9.17, 15) is 13.2 Å². The summed E-state index contributed by atoms with van der Waals surface area (Å²) in [5, 5.41) is 12.7. The summed E-state index contributed by atoms with van der Waals surface area (Å²) >= 11 is 1.34. The Labute approximate surface area is 240 Å². The van der Waals surface area contributed by atoms with Crippen LogP contribution in [0.5, 0.6) is 0 Å². The predicted molar refractivity (Wildman–Crippen MR) is 161 cm³/mol. The number of nitrogens with zero attached hydrogens (tertiary/aromatic N) is 3. The lowest BCUT2D eigenvalue weighted by Gasteiger charge is -2.32. The van der Waals surface area contributed by atoms with E-state index in [-0.39, 0.29) is 16.7 Å². The number of fused-ring (bicyclic) bond motifs is 1. The van der Waals surface area contributed by atoms with E-state index in [0.717, 1.165) is 21.6 Å². The molecular weight excluding hydrogens is 560 g/mol. The molecule has 0 bridgehead atoms. The Morgan fingerprint density at radius 1 is 1.07 bits per heavy atom. The topological polar surface area (TPSA) is 172 Å². The Hall–Kier alpha value is -4.30. The zero-order valence-corrected chi connectivity index (χ0v) is 23.5. The van der Waals surface area contributed by atoms with Gasteiger partial charge in [0.1, 0.15) is 17.7 Å². The fraction of sp³-hybridized carbons (Fsp3) is 0.179. The van der Waals surface area contributed by atoms with Crippen LogP contribution in [0, 0.1) is 0 Å². The number of hydrogen-bond donors (Lipinski definition) is 5. The van der Waals surface area contributed by atoms with Gasteiger partial charge in [-0.15, -0.1) is 0 Å². The van der Waals surface area contributed by atoms with Gasteiger partial charge in [0.25, 0.3) is 0 Å². The average molecular weight is 589 g/mol. The number of imidazole rings is 1. The van der Waals surface area contributed by atoms with Crippen molar-refractivity contribution in [2.24, 2.45) is 5.14 Å². The molecule has 13 heteroatoms. The Kier molecular flexibility index (Phi) is 7.17. The Balaban J connectivity index is 1.28. The van der Waals surface area contributed by atoms with Crippen LogP contribution in [0.2, 0.25) is 0 Å². The predicted octanol–water partition coefficient (Wildman–Crippen LogP) is 3.12. The minimum atomic E-state index is -3.89. The molecule has 7 N–H and O–H groups in total. The molecule has 1 aliphatic heterocycles. The van der Waals surface area contributed by atoms with Crippen LogP contribution in [0.1, 0.15) is 11.7 Å². The summed E-state index contributed by atoms with van der Waals surface area (Å²) in [5.41, 5.74) is 8.73. The minimum Gasteiger partial charge on any atom is -0.382 e. The number of hydrogen-bond acceptors (Lipinski definition) is 9. The molecule has 3 aromatic carbocycles. The number of anilines is 3. The second kappa shape index (κ2) is 10.9. The molecule has 0 saturated carbocycles. The number of carbonyl (C=O) groups is 1. The van der Waals surface area contributed by atoms with Gasteiger partial charge in [-0.2, -0.15) is 4.37 Å². The van der Waals surface area contributed by atoms with Crippen molar-refractivity contribution in [2.45, 2.75) is 16.9 Å². The second-order valence-electron chi connectivity index (χ2n) is 9.85. The molecule has 1 amide bonds. The van der Waals surface area contributed by atoms with Gasteiger partial charge in [0.05, 0.1) is 9.60 Å². The molecule has 2 atom stereocenters. The van der Waals surface area contributed by atoms with Gasteiger partial charge in [-0.25, -0.2) is 18.5 Å². The van der Waals surface area contributed by atoms with Crippen molar-refractivity contribution < 1.29 is 13.2 Å². The van der Waals surface area contributed by atoms with E-state index in [1.807, 2.05) is 18.2 Å². The number of aromatic amines is 1. The van der Waals surface area contributed by atoms with Crippen molar-refractivity contribution >= 4 is 54.7 Å². The Morgan fingerprint density at radius 2 is 1.88 bits per heavy atom. The van der Waals surface area contributed by atoms with E-state index in [1.54, 1.807) is 54.9 Å². The van der Waals surface area contributed by atoms with Gasteiger partial charge in [-0.3, -0.25) is 4.79 Å². The van der Waals surface area contributed by atoms with Crippen molar-refractivity contribution in [1.82, 2.24) is 19.7 Å². The van der Waals surface area contributed by atoms with Crippen molar-refractivity contribution in [3.05, 3.63) is 84.9 Å². The maximum Gasteiger partial charge on any atom is 0.248 e. The number of aromatic nitrogens is 3. The summed E-state index contributed by atoms with van der Waals surface area (Å²) in [6.07, 6.45) is 3.52. The molecule has 1 aliphatic rings. The number of primary sulfonamides is 1. The van der Waals surface area contributed by atoms with Crippen molar-refractivity contribution in [2.75, 3.05) is 35.6 Å². The highest BCUT2D eigenvalue weighted by atomic mass is 32.2. The third-order valence-electron chi connectivity index (χ3n) is 7.20. The van der Waals surface area contributed by atoms with Crippen LogP contribution in [0.4, 0.5) is 17.2 Å². The molecule has 2 aromatic heterocycles. The molecule has 2 unspecified atom stereocenters. The molecule has 41 heavy (non-hydrogen) atoms. The number of amides is 1. The maximum absolute atomic E-state index is 13.8. The summed E-state index contributed by atoms with van der Waals surface area (Å²) in [4.78, 5) is 23.6. The quantitative estimate of drug-likeness (QED) is 0.201. The molecule has 210 valence electrons. The van der Waals surface area contributed by atoms with Crippen LogP contribution in [-0.4, -0.2) is 54.3 Å². The zero-order valence-electron chi connectivity index (χ0n) is 21.8. The molecule has 0 spiro atoms. The lowest BCUT2D eigenvalue weighted by atomic mass is 10.1. The molecule has 1 fully saturated rings. The number of benzene rings is 3. The Bertz CT molecular complexity index is 1800. The van der Waals surface area contributed by atoms with Gasteiger partial charge >= 0.3 is 0 Å². The van der Waals surface area contributed by atoms with Gasteiger partial charge in [0, 0.05) is 60.3 Å². The van der Waals surface area contributed by atoms with Crippen LogP contribution in [0.15, 0.2) is 84.0 Å². The fourth-order valence-corrected chi connectivity index (χ4v) is 6.62. The lowest BCUT2D eigenvalue weighted by molar-refractivity contribution is -0.117. The fourth-order valence-electron chi connectivity index (χ4n) is 5.17. The normalized spacial score (nSPS) is 17.8. The molecule has 3 heterocycles. The van der Waals surface area contributed by atoms with Crippen LogP contribution in [0.3, 0.4) is 0 Å². The van der Waals surface area contributed by atoms with E-state index in [4.69, 9.17) is 10.9 Å². The number of nitrogens with one attached hydrogen (secondary N) is 3. The molecule has 5 aromatic rings. The molecule has 0 radical (unpaired) electrons. The number of carbonyl (C=O) groups excluding carboxylic acids is 1. The average Bonchev–Trinajstić information content (AvgIpc) is 3.58. The van der Waals surface area contributed by atoms with E-state index >= 15 is 0 Å². The van der Waals surface area contributed by atoms with Crippen molar-refractivity contribution in [3.8, 4) is 11.1 Å². The van der Waals surface area contributed by atoms with Crippen molar-refractivity contribution in [1.29, 1.82) is 0 Å². The monoisotopic (exact) mass is 588 g/mol. The van der Waals surface area contributed by atoms with Gasteiger partial charge < -0.3 is 26.3 Å². The minimum absolute atomic E-state index is 0.0228. The highest BCUT2D eigenvalue weighted by Gasteiger charge is 2.33. The Morgan fingerprint density at radius 3 is 2.63 bits per heavy atom. The van der Waals surface area contributed by atoms with Crippen LogP contribution in [0.25, 0.3) is 21.2 Å². The molecule has 11 nitrogen and oxygen atoms in total. The van der Waals surface area contributed by atoms with Gasteiger partial charge in [0.2, 0.25) is 15.9 Å². The van der Waals surface area contributed by atoms with E-state index in [1.165, 1.54) is 17.6 Å². The molecule has 0 aliphatic carbocycles. The van der Waals surface area contributed by atoms with Crippen LogP contribution >= 0.6 is 11.5 Å². The number of nitrogen functional groups attached to an aromatic ring is 1. The highest BCUT2D eigenvalue weighted by molar-refractivity contribution is 7.89. The van der Waals surface area contributed by atoms with Crippen molar-refractivity contribution in [3.63, 3.8) is 0 Å². The largest absolute Gasteiger partial charge is 0.382 e. The number of nitrogens with two attached hydrogens (primary N) is 2. The second-order valence-corrected chi connectivity index (χ2v) is 12.2. The van der Waals surface area contributed by atoms with Crippen LogP contribution < -0.4 is 26.4 Å². The van der Waals surface area contributed by atoms with Gasteiger partial charge in [0.15, 0.2) is 0 Å². The molecule has 6 rings (SSSR count). The van der Waals surface area contributed by atoms with Crippen LogP contribution in [-0.2, 0) is 14.8 Å². The summed E-state index contributed by atoms with van der Waals surface area (Å²) in [5.74, 6) is 1.14. The van der Waals surface area contributed by atoms with Gasteiger partial charge in [-0.1, -0.05) is 30.3 Å². The zero-order chi connectivity index (χ0) is 28.6. The van der Waals surface area contributed by atoms with E-state index in [0.29, 0.717) is 42.3 Å². The molecule has 1 saturated heterocycles. The lowest BCUT2D eigenvalue weighted by Crippen LogP contribution is -2.48. The SMILES string of the molecule is Nc1nsc2ccc(N3CC(c4ncc[nH]4)CNCC3C(=O)Nc3ccc(-c4ccccc4S(N)(=O)=O)cc3)cc12. The first kappa shape index (κ1) is 26.9. The molecular formula is C28H28N8O3S2. The first-order chi connectivity index (χ1) is 19.8. The van der Waals surface area contributed by atoms with E-state index < -0.39 is 16.1 Å². The number of sulfonamides is 1. The first-order valence-corrected chi connectivity index (χ1v) is 15.2. The standard InChI is InChI=1S/C28H28N8O3S2/c29-26-22-13-20(9-10-24(22)40-35-26)36-16-18(27-32-11-12-33-27)14-31-15-23(36)28(37)34-19-7-5-17(6-8-19)21-3-1-2-4-25(21)41(30,38)39/h1-13,18,23,31H,14-16H2,(H2,29,35)(H,32,33)(H,34,37)(H2,30,38,39). The van der Waals surface area contributed by atoms with E-state index in [2.05, 4.69) is 29.9 Å². The number of H-pyrrole nitrogens is 1. The summed E-state index contributed by atoms with van der Waals surface area (Å²) in [6.45, 7) is 1.61. The van der Waals surface area contributed by atoms with Gasteiger partial charge in [-0.05, 0) is 53.5 Å². The third kappa shape index (κ3) is 5.52. The smallest absolute Gasteiger partial charge is 0.248 e. The third-order valence-corrected chi connectivity index (χ3v) is 9.01. The highest BCUT2D eigenvalue weighted by Crippen LogP contribution is 2.32. The number of rotatable bonds is 6. The summed E-state index contributed by atoms with van der Waals surface area (Å²) < 4.78 is 29.4. The first-order valence-electron chi connectivity index (χ1n) is 12.9. The summed E-state index contributed by atoms with van der Waals surface area (Å²) in [7, 11) is -3.89. The maximum atomic E-state index is 13.8. The summed E-state index contributed by atoms with van der Waals surface area (Å²) in [6, 6.07) is 19.0.